The molecule has 1 atom stereocenters. The maximum absolute atomic E-state index is 11.4. The molecular weight excluding hydrogens is 367 g/mol. The first-order chi connectivity index (χ1) is 8.97. The van der Waals surface area contributed by atoms with E-state index >= 15 is 0 Å². The van der Waals surface area contributed by atoms with Crippen molar-refractivity contribution < 1.29 is 4.79 Å². The van der Waals surface area contributed by atoms with Crippen molar-refractivity contribution in [1.82, 2.24) is 10.6 Å². The van der Waals surface area contributed by atoms with Crippen molar-refractivity contribution in [3.63, 3.8) is 0 Å². The highest BCUT2D eigenvalue weighted by Gasteiger charge is 2.22. The summed E-state index contributed by atoms with van der Waals surface area (Å²) in [5.74, 6) is 1.06. The highest BCUT2D eigenvalue weighted by atomic mass is 127. The van der Waals surface area contributed by atoms with Crippen LogP contribution in [0.3, 0.4) is 0 Å². The van der Waals surface area contributed by atoms with Gasteiger partial charge in [-0.25, -0.2) is 4.99 Å². The largest absolute Gasteiger partial charge is 0.370 e. The number of nitrogens with zero attached hydrogens (tertiary/aromatic N) is 1. The topological polar surface area (TPSA) is 79.5 Å². The van der Waals surface area contributed by atoms with Gasteiger partial charge in [-0.3, -0.25) is 4.79 Å². The normalized spacial score (nSPS) is 16.5. The zero-order valence-electron chi connectivity index (χ0n) is 12.8. The van der Waals surface area contributed by atoms with Crippen molar-refractivity contribution in [2.45, 2.75) is 65.0 Å². The molecule has 4 N–H and O–H groups in total. The molecule has 1 aliphatic carbocycles. The van der Waals surface area contributed by atoms with Crippen LogP contribution in [-0.2, 0) is 4.79 Å². The second-order valence-corrected chi connectivity index (χ2v) is 5.91. The molecule has 0 bridgehead atoms. The lowest BCUT2D eigenvalue weighted by molar-refractivity contribution is -0.119. The van der Waals surface area contributed by atoms with Crippen molar-refractivity contribution in [2.24, 2.45) is 16.6 Å². The van der Waals surface area contributed by atoms with Gasteiger partial charge in [0.05, 0.1) is 0 Å². The van der Waals surface area contributed by atoms with Crippen LogP contribution in [0.25, 0.3) is 0 Å². The lowest BCUT2D eigenvalue weighted by Gasteiger charge is -2.15. The lowest BCUT2D eigenvalue weighted by Crippen LogP contribution is -2.39. The number of hydrogen-bond acceptors (Lipinski definition) is 2. The summed E-state index contributed by atoms with van der Waals surface area (Å²) in [5, 5.41) is 6.01. The van der Waals surface area contributed by atoms with Gasteiger partial charge >= 0.3 is 0 Å². The number of nitrogens with one attached hydrogen (secondary N) is 2. The van der Waals surface area contributed by atoms with E-state index in [-0.39, 0.29) is 36.4 Å². The summed E-state index contributed by atoms with van der Waals surface area (Å²) in [6.45, 7) is 6.67. The monoisotopic (exact) mass is 396 g/mol. The van der Waals surface area contributed by atoms with Crippen LogP contribution in [0.2, 0.25) is 0 Å². The van der Waals surface area contributed by atoms with Crippen LogP contribution in [0, 0.1) is 5.92 Å². The van der Waals surface area contributed by atoms with E-state index in [1.165, 1.54) is 12.8 Å². The van der Waals surface area contributed by atoms with Crippen LogP contribution < -0.4 is 16.4 Å². The Balaban J connectivity index is 0.00000361. The number of amides is 1. The van der Waals surface area contributed by atoms with Gasteiger partial charge in [-0.15, -0.1) is 24.0 Å². The van der Waals surface area contributed by atoms with Gasteiger partial charge < -0.3 is 16.4 Å². The Morgan fingerprint density at radius 3 is 2.50 bits per heavy atom. The molecule has 0 aromatic heterocycles. The Labute approximate surface area is 139 Å². The van der Waals surface area contributed by atoms with Gasteiger partial charge in [-0.05, 0) is 32.1 Å². The van der Waals surface area contributed by atoms with Crippen LogP contribution in [0.4, 0.5) is 0 Å². The molecular formula is C14H29IN4O. The smallest absolute Gasteiger partial charge is 0.242 e. The second kappa shape index (κ2) is 10.2. The number of nitrogens with two attached hydrogens (primary N) is 1. The predicted molar refractivity (Wildman–Crippen MR) is 94.4 cm³/mol. The summed E-state index contributed by atoms with van der Waals surface area (Å²) in [7, 11) is 0. The maximum atomic E-state index is 11.4. The summed E-state index contributed by atoms with van der Waals surface area (Å²) in [6.07, 6.45) is 5.67. The van der Waals surface area contributed by atoms with E-state index in [0.29, 0.717) is 18.0 Å². The molecule has 0 aliphatic heterocycles. The number of carbonyl (C=O) groups excluding carboxylic acids is 1. The SMILES string of the molecule is CC(C)CCCC(C)NC(N)=NCC(=O)NC1CC1.I. The van der Waals surface area contributed by atoms with E-state index in [0.717, 1.165) is 25.2 Å². The summed E-state index contributed by atoms with van der Waals surface area (Å²) in [6, 6.07) is 0.681. The first-order valence-corrected chi connectivity index (χ1v) is 7.33. The molecule has 1 aliphatic rings. The number of aliphatic imine (C=N–C) groups is 1. The van der Waals surface area contributed by atoms with E-state index in [2.05, 4.69) is 36.4 Å². The summed E-state index contributed by atoms with van der Waals surface area (Å²) in [5.41, 5.74) is 5.76. The zero-order valence-corrected chi connectivity index (χ0v) is 15.1. The molecule has 118 valence electrons. The van der Waals surface area contributed by atoms with Crippen molar-refractivity contribution >= 4 is 35.8 Å². The van der Waals surface area contributed by atoms with Crippen molar-refractivity contribution in [2.75, 3.05) is 6.54 Å². The molecule has 20 heavy (non-hydrogen) atoms. The Hall–Kier alpha value is -0.530. The third kappa shape index (κ3) is 10.3. The molecule has 0 heterocycles. The molecule has 6 heteroatoms. The third-order valence-corrected chi connectivity index (χ3v) is 3.15. The molecule has 0 aromatic carbocycles. The first-order valence-electron chi connectivity index (χ1n) is 7.33. The van der Waals surface area contributed by atoms with E-state index in [9.17, 15) is 4.79 Å². The summed E-state index contributed by atoms with van der Waals surface area (Å²) >= 11 is 0. The fourth-order valence-electron chi connectivity index (χ4n) is 1.86. The van der Waals surface area contributed by atoms with E-state index < -0.39 is 0 Å². The van der Waals surface area contributed by atoms with Crippen molar-refractivity contribution in [3.05, 3.63) is 0 Å². The molecule has 0 saturated heterocycles. The Kier molecular flexibility index (Phi) is 9.96. The van der Waals surface area contributed by atoms with Crippen LogP contribution in [0.5, 0.6) is 0 Å². The fourth-order valence-corrected chi connectivity index (χ4v) is 1.86. The molecule has 0 aromatic rings. The lowest BCUT2D eigenvalue weighted by atomic mass is 10.0. The maximum Gasteiger partial charge on any atom is 0.242 e. The number of halogens is 1. The highest BCUT2D eigenvalue weighted by Crippen LogP contribution is 2.18. The summed E-state index contributed by atoms with van der Waals surface area (Å²) < 4.78 is 0. The number of carbonyl (C=O) groups is 1. The first kappa shape index (κ1) is 19.5. The van der Waals surface area contributed by atoms with Crippen molar-refractivity contribution in [3.8, 4) is 0 Å². The van der Waals surface area contributed by atoms with Gasteiger partial charge in [0, 0.05) is 12.1 Å². The van der Waals surface area contributed by atoms with E-state index in [1.807, 2.05) is 0 Å². The van der Waals surface area contributed by atoms with Crippen LogP contribution in [-0.4, -0.2) is 30.5 Å². The predicted octanol–water partition coefficient (Wildman–Crippen LogP) is 2.00. The quantitative estimate of drug-likeness (QED) is 0.334. The molecule has 1 rings (SSSR count). The molecule has 1 unspecified atom stereocenters. The van der Waals surface area contributed by atoms with E-state index in [4.69, 9.17) is 5.73 Å². The van der Waals surface area contributed by atoms with Crippen LogP contribution >= 0.6 is 24.0 Å². The zero-order chi connectivity index (χ0) is 14.3. The van der Waals surface area contributed by atoms with Gasteiger partial charge in [-0.1, -0.05) is 26.7 Å². The average molecular weight is 396 g/mol. The fraction of sp³-hybridized carbons (Fsp3) is 0.857. The minimum Gasteiger partial charge on any atom is -0.370 e. The van der Waals surface area contributed by atoms with Gasteiger partial charge in [0.2, 0.25) is 5.91 Å². The van der Waals surface area contributed by atoms with Gasteiger partial charge in [0.25, 0.3) is 0 Å². The Morgan fingerprint density at radius 1 is 1.30 bits per heavy atom. The number of rotatable bonds is 8. The molecule has 1 fully saturated rings. The Morgan fingerprint density at radius 2 is 1.95 bits per heavy atom. The molecule has 5 nitrogen and oxygen atoms in total. The average Bonchev–Trinajstić information content (AvgIpc) is 3.09. The van der Waals surface area contributed by atoms with Gasteiger partial charge in [0.1, 0.15) is 6.54 Å². The molecule has 1 saturated carbocycles. The molecule has 0 radical (unpaired) electrons. The summed E-state index contributed by atoms with van der Waals surface area (Å²) in [4.78, 5) is 15.5. The van der Waals surface area contributed by atoms with Crippen LogP contribution in [0.15, 0.2) is 4.99 Å². The molecule has 0 spiro atoms. The van der Waals surface area contributed by atoms with E-state index in [1.54, 1.807) is 0 Å². The standard InChI is InChI=1S/C14H28N4O.HI/c1-10(2)5-4-6-11(3)17-14(15)16-9-13(19)18-12-7-8-12;/h10-12H,4-9H2,1-3H3,(H,18,19)(H3,15,16,17);1H. The minimum absolute atomic E-state index is 0. The third-order valence-electron chi connectivity index (χ3n) is 3.15. The van der Waals surface area contributed by atoms with Gasteiger partial charge in [0.15, 0.2) is 5.96 Å². The minimum atomic E-state index is -0.0419. The molecule has 1 amide bonds. The number of hydrogen-bond donors (Lipinski definition) is 3. The van der Waals surface area contributed by atoms with Crippen LogP contribution in [0.1, 0.15) is 52.9 Å². The van der Waals surface area contributed by atoms with Gasteiger partial charge in [-0.2, -0.15) is 0 Å². The number of guanidine groups is 1. The second-order valence-electron chi connectivity index (χ2n) is 5.91. The highest BCUT2D eigenvalue weighted by molar-refractivity contribution is 14.0. The Bertz CT molecular complexity index is 316. The van der Waals surface area contributed by atoms with Crippen molar-refractivity contribution in [1.29, 1.82) is 0 Å².